The Kier molecular flexibility index (Phi) is 7.44. The van der Waals surface area contributed by atoms with Gasteiger partial charge in [0, 0.05) is 65.1 Å². The number of anilines is 1. The average Bonchev–Trinajstić information content (AvgIpc) is 2.73. The lowest BCUT2D eigenvalue weighted by Gasteiger charge is -2.35. The number of aromatic nitrogens is 1. The lowest BCUT2D eigenvalue weighted by Crippen LogP contribution is -2.49. The van der Waals surface area contributed by atoms with Crippen LogP contribution >= 0.6 is 0 Å². The van der Waals surface area contributed by atoms with Crippen molar-refractivity contribution in [3.05, 3.63) is 18.3 Å². The molecule has 2 aliphatic rings. The van der Waals surface area contributed by atoms with Crippen molar-refractivity contribution in [3.63, 3.8) is 0 Å². The Bertz CT molecular complexity index is 770. The zero-order chi connectivity index (χ0) is 20.9. The highest BCUT2D eigenvalue weighted by atomic mass is 32.2. The fourth-order valence-corrected chi connectivity index (χ4v) is 4.92. The van der Waals surface area contributed by atoms with E-state index < -0.39 is 10.0 Å². The quantitative estimate of drug-likeness (QED) is 0.641. The molecule has 0 aliphatic carbocycles. The Balaban J connectivity index is 1.54. The first-order valence-electron chi connectivity index (χ1n) is 10.3. The highest BCUT2D eigenvalue weighted by Crippen LogP contribution is 2.20. The summed E-state index contributed by atoms with van der Waals surface area (Å²) in [5, 5.41) is 2.90. The fraction of sp³-hybridized carbons (Fsp3) is 0.684. The first-order valence-corrected chi connectivity index (χ1v) is 11.7. The summed E-state index contributed by atoms with van der Waals surface area (Å²) in [6.45, 7) is 8.76. The first kappa shape index (κ1) is 21.9. The minimum Gasteiger partial charge on any atom is -0.355 e. The SMILES string of the molecule is CCCNC(=O)CN1CCN(c2ccc(S(=O)(=O)N3CCN(C)CC3)cn2)CC1. The highest BCUT2D eigenvalue weighted by molar-refractivity contribution is 7.89. The molecule has 1 aromatic rings. The van der Waals surface area contributed by atoms with E-state index in [1.807, 2.05) is 14.0 Å². The molecule has 0 atom stereocenters. The summed E-state index contributed by atoms with van der Waals surface area (Å²) >= 11 is 0. The van der Waals surface area contributed by atoms with Crippen molar-refractivity contribution in [1.29, 1.82) is 0 Å². The third-order valence-corrected chi connectivity index (χ3v) is 7.34. The molecule has 0 unspecified atom stereocenters. The lowest BCUT2D eigenvalue weighted by atomic mass is 10.3. The third kappa shape index (κ3) is 5.65. The molecule has 0 spiro atoms. The van der Waals surface area contributed by atoms with Crippen LogP contribution in [0.5, 0.6) is 0 Å². The number of piperazine rings is 2. The van der Waals surface area contributed by atoms with Gasteiger partial charge in [0.2, 0.25) is 15.9 Å². The number of nitrogens with one attached hydrogen (secondary N) is 1. The molecule has 1 amide bonds. The number of hydrogen-bond acceptors (Lipinski definition) is 7. The molecule has 3 heterocycles. The van der Waals surface area contributed by atoms with Crippen LogP contribution in [-0.2, 0) is 14.8 Å². The van der Waals surface area contributed by atoms with Crippen molar-refractivity contribution < 1.29 is 13.2 Å². The van der Waals surface area contributed by atoms with E-state index in [1.54, 1.807) is 12.1 Å². The van der Waals surface area contributed by atoms with Crippen LogP contribution in [0.15, 0.2) is 23.2 Å². The summed E-state index contributed by atoms with van der Waals surface area (Å²) in [6, 6.07) is 3.44. The van der Waals surface area contributed by atoms with Gasteiger partial charge in [-0.1, -0.05) is 6.92 Å². The van der Waals surface area contributed by atoms with E-state index in [0.29, 0.717) is 26.2 Å². The predicted molar refractivity (Wildman–Crippen MR) is 112 cm³/mol. The predicted octanol–water partition coefficient (Wildman–Crippen LogP) is -0.334. The summed E-state index contributed by atoms with van der Waals surface area (Å²) in [6.07, 6.45) is 2.40. The first-order chi connectivity index (χ1) is 13.9. The molecule has 0 bridgehead atoms. The van der Waals surface area contributed by atoms with Gasteiger partial charge in [-0.2, -0.15) is 4.31 Å². The van der Waals surface area contributed by atoms with Crippen molar-refractivity contribution in [2.45, 2.75) is 18.2 Å². The number of likely N-dealkylation sites (N-methyl/N-ethyl adjacent to an activating group) is 1. The number of nitrogens with zero attached hydrogens (tertiary/aromatic N) is 5. The Morgan fingerprint density at radius 1 is 1.07 bits per heavy atom. The Labute approximate surface area is 173 Å². The number of hydrogen-bond donors (Lipinski definition) is 1. The van der Waals surface area contributed by atoms with Crippen molar-refractivity contribution in [2.24, 2.45) is 0 Å². The Hall–Kier alpha value is -1.75. The molecule has 2 fully saturated rings. The zero-order valence-corrected chi connectivity index (χ0v) is 18.2. The molecule has 1 aromatic heterocycles. The summed E-state index contributed by atoms with van der Waals surface area (Å²) in [7, 11) is -1.49. The second-order valence-electron chi connectivity index (χ2n) is 7.67. The van der Waals surface area contributed by atoms with Gasteiger partial charge in [0.05, 0.1) is 6.54 Å². The molecule has 0 saturated carbocycles. The molecule has 162 valence electrons. The molecule has 0 aromatic carbocycles. The van der Waals surface area contributed by atoms with Crippen LogP contribution in [0, 0.1) is 0 Å². The second kappa shape index (κ2) is 9.84. The van der Waals surface area contributed by atoms with Crippen molar-refractivity contribution >= 4 is 21.7 Å². The normalized spacial score (nSPS) is 20.0. The maximum atomic E-state index is 12.8. The van der Waals surface area contributed by atoms with Gasteiger partial charge in [0.25, 0.3) is 0 Å². The number of carbonyl (C=O) groups is 1. The molecule has 3 rings (SSSR count). The Morgan fingerprint density at radius 2 is 1.76 bits per heavy atom. The minimum atomic E-state index is -3.49. The van der Waals surface area contributed by atoms with Crippen molar-refractivity contribution in [2.75, 3.05) is 77.4 Å². The van der Waals surface area contributed by atoms with Crippen LogP contribution in [-0.4, -0.2) is 106 Å². The van der Waals surface area contributed by atoms with E-state index in [-0.39, 0.29) is 10.8 Å². The second-order valence-corrected chi connectivity index (χ2v) is 9.61. The molecule has 0 radical (unpaired) electrons. The zero-order valence-electron chi connectivity index (χ0n) is 17.4. The third-order valence-electron chi connectivity index (χ3n) is 5.46. The van der Waals surface area contributed by atoms with E-state index in [9.17, 15) is 13.2 Å². The topological polar surface area (TPSA) is 89.1 Å². The molecule has 1 N–H and O–H groups in total. The van der Waals surface area contributed by atoms with Gasteiger partial charge in [-0.05, 0) is 25.6 Å². The lowest BCUT2D eigenvalue weighted by molar-refractivity contribution is -0.122. The maximum Gasteiger partial charge on any atom is 0.244 e. The van der Waals surface area contributed by atoms with Crippen LogP contribution in [0.25, 0.3) is 0 Å². The number of amides is 1. The van der Waals surface area contributed by atoms with E-state index in [2.05, 4.69) is 25.0 Å². The molecule has 10 heteroatoms. The minimum absolute atomic E-state index is 0.0666. The van der Waals surface area contributed by atoms with Crippen LogP contribution in [0.4, 0.5) is 5.82 Å². The van der Waals surface area contributed by atoms with Gasteiger partial charge < -0.3 is 15.1 Å². The number of rotatable bonds is 7. The number of sulfonamides is 1. The smallest absolute Gasteiger partial charge is 0.244 e. The van der Waals surface area contributed by atoms with E-state index in [1.165, 1.54) is 10.5 Å². The fourth-order valence-electron chi connectivity index (χ4n) is 3.55. The van der Waals surface area contributed by atoms with Gasteiger partial charge in [-0.25, -0.2) is 13.4 Å². The molecular weight excluding hydrogens is 392 g/mol. The molecule has 2 aliphatic heterocycles. The largest absolute Gasteiger partial charge is 0.355 e. The van der Waals surface area contributed by atoms with Gasteiger partial charge in [-0.3, -0.25) is 9.69 Å². The number of carbonyl (C=O) groups excluding carboxylic acids is 1. The van der Waals surface area contributed by atoms with Crippen molar-refractivity contribution in [3.8, 4) is 0 Å². The monoisotopic (exact) mass is 424 g/mol. The van der Waals surface area contributed by atoms with Gasteiger partial charge >= 0.3 is 0 Å². The van der Waals surface area contributed by atoms with Gasteiger partial charge in [0.15, 0.2) is 0 Å². The van der Waals surface area contributed by atoms with Crippen LogP contribution < -0.4 is 10.2 Å². The standard InChI is InChI=1S/C19H32N6O3S/c1-3-6-20-19(26)16-23-9-11-24(12-10-23)18-5-4-17(15-21-18)29(27,28)25-13-7-22(2)8-14-25/h4-5,15H,3,6-14,16H2,1-2H3,(H,20,26). The van der Waals surface area contributed by atoms with Crippen LogP contribution in [0.2, 0.25) is 0 Å². The molecule has 9 nitrogen and oxygen atoms in total. The summed E-state index contributed by atoms with van der Waals surface area (Å²) in [5.74, 6) is 0.842. The van der Waals surface area contributed by atoms with Gasteiger partial charge in [0.1, 0.15) is 10.7 Å². The summed E-state index contributed by atoms with van der Waals surface area (Å²) < 4.78 is 27.2. The molecular formula is C19H32N6O3S. The molecule has 2 saturated heterocycles. The summed E-state index contributed by atoms with van der Waals surface area (Å²) in [5.41, 5.74) is 0. The molecule has 29 heavy (non-hydrogen) atoms. The number of pyridine rings is 1. The summed E-state index contributed by atoms with van der Waals surface area (Å²) in [4.78, 5) is 22.9. The Morgan fingerprint density at radius 3 is 2.34 bits per heavy atom. The van der Waals surface area contributed by atoms with E-state index in [4.69, 9.17) is 0 Å². The van der Waals surface area contributed by atoms with Crippen molar-refractivity contribution in [1.82, 2.24) is 24.4 Å². The van der Waals surface area contributed by atoms with Crippen LogP contribution in [0.3, 0.4) is 0 Å². The van der Waals surface area contributed by atoms with Gasteiger partial charge in [-0.15, -0.1) is 0 Å². The highest BCUT2D eigenvalue weighted by Gasteiger charge is 2.28. The van der Waals surface area contributed by atoms with E-state index in [0.717, 1.165) is 51.5 Å². The van der Waals surface area contributed by atoms with Crippen LogP contribution in [0.1, 0.15) is 13.3 Å². The maximum absolute atomic E-state index is 12.8. The average molecular weight is 425 g/mol. The van der Waals surface area contributed by atoms with E-state index >= 15 is 0 Å².